The summed E-state index contributed by atoms with van der Waals surface area (Å²) in [4.78, 5) is 45.8. The molecule has 0 saturated heterocycles. The van der Waals surface area contributed by atoms with Crippen LogP contribution in [0.5, 0.6) is 11.6 Å². The molecule has 0 saturated carbocycles. The number of rotatable bonds is 7. The largest absolute Gasteiger partial charge is 0.462 e. The number of esters is 1. The number of nitrogens with zero attached hydrogens (tertiary/aromatic N) is 1. The molecular formula is C27H25FN3O6P. The number of primary amides is 1. The molecule has 0 bridgehead atoms. The van der Waals surface area contributed by atoms with Gasteiger partial charge in [-0.1, -0.05) is 18.2 Å². The van der Waals surface area contributed by atoms with E-state index in [2.05, 4.69) is 19.2 Å². The number of amides is 1. The third kappa shape index (κ3) is 4.88. The molecule has 4 N–H and O–H groups in total. The minimum atomic E-state index is -1.96. The van der Waals surface area contributed by atoms with Gasteiger partial charge in [-0.3, -0.25) is 9.59 Å². The molecule has 2 aromatic carbocycles. The SMILES string of the molecule is CCOC(=O)c1c(-c2cc3ccccc3nc2Oc2ccc(P)c(F)c2C)[nH]c(C)c([C@@H](O)C(N)=O)c1=O. The molecule has 38 heavy (non-hydrogen) atoms. The molecule has 2 heterocycles. The van der Waals surface area contributed by atoms with Gasteiger partial charge in [-0.2, -0.15) is 0 Å². The number of carbonyl (C=O) groups excluding carboxylic acids is 2. The zero-order valence-corrected chi connectivity index (χ0v) is 21.9. The van der Waals surface area contributed by atoms with Crippen LogP contribution >= 0.6 is 9.24 Å². The Bertz CT molecular complexity index is 1650. The van der Waals surface area contributed by atoms with Gasteiger partial charge in [0.05, 0.1) is 28.9 Å². The average Bonchev–Trinajstić information content (AvgIpc) is 2.88. The van der Waals surface area contributed by atoms with Crippen molar-refractivity contribution in [2.75, 3.05) is 6.61 Å². The molecular weight excluding hydrogens is 512 g/mol. The van der Waals surface area contributed by atoms with Crippen LogP contribution in [0.15, 0.2) is 47.3 Å². The van der Waals surface area contributed by atoms with Crippen molar-refractivity contribution in [3.8, 4) is 22.9 Å². The molecule has 9 nitrogen and oxygen atoms in total. The summed E-state index contributed by atoms with van der Waals surface area (Å²) in [6.07, 6.45) is -1.96. The molecule has 0 aliphatic rings. The molecule has 0 spiro atoms. The van der Waals surface area contributed by atoms with Gasteiger partial charge in [0.2, 0.25) is 11.3 Å². The number of pyridine rings is 2. The number of fused-ring (bicyclic) bond motifs is 1. The number of ether oxygens (including phenoxy) is 2. The van der Waals surface area contributed by atoms with E-state index in [1.165, 1.54) is 13.0 Å². The highest BCUT2D eigenvalue weighted by Gasteiger charge is 2.30. The van der Waals surface area contributed by atoms with Crippen LogP contribution in [0.4, 0.5) is 4.39 Å². The second-order valence-electron chi connectivity index (χ2n) is 8.50. The number of hydrogen-bond donors (Lipinski definition) is 3. The minimum absolute atomic E-state index is 0.0135. The monoisotopic (exact) mass is 537 g/mol. The number of nitrogens with two attached hydrogens (primary N) is 1. The van der Waals surface area contributed by atoms with Gasteiger partial charge in [0, 0.05) is 21.9 Å². The molecule has 4 aromatic rings. The number of aromatic amines is 1. The van der Waals surface area contributed by atoms with Crippen molar-refractivity contribution in [1.29, 1.82) is 0 Å². The summed E-state index contributed by atoms with van der Waals surface area (Å²) in [5, 5.41) is 11.3. The first-order valence-corrected chi connectivity index (χ1v) is 12.2. The molecule has 0 fully saturated rings. The predicted octanol–water partition coefficient (Wildman–Crippen LogP) is 3.33. The molecule has 1 amide bonds. The maximum atomic E-state index is 14.6. The van der Waals surface area contributed by atoms with Gasteiger partial charge in [0.15, 0.2) is 6.10 Å². The highest BCUT2D eigenvalue weighted by Crippen LogP contribution is 2.37. The number of benzene rings is 2. The van der Waals surface area contributed by atoms with E-state index in [4.69, 9.17) is 15.2 Å². The van der Waals surface area contributed by atoms with E-state index in [1.54, 1.807) is 50.2 Å². The van der Waals surface area contributed by atoms with Crippen LogP contribution in [0.2, 0.25) is 0 Å². The number of aliphatic hydroxyl groups excluding tert-OH is 1. The quantitative estimate of drug-likeness (QED) is 0.242. The smallest absolute Gasteiger partial charge is 0.344 e. The second-order valence-corrected chi connectivity index (χ2v) is 9.12. The van der Waals surface area contributed by atoms with E-state index in [0.717, 1.165) is 0 Å². The van der Waals surface area contributed by atoms with Crippen LogP contribution < -0.4 is 21.2 Å². The van der Waals surface area contributed by atoms with Crippen molar-refractivity contribution < 1.29 is 28.6 Å². The van der Waals surface area contributed by atoms with Crippen molar-refractivity contribution in [3.05, 3.63) is 80.9 Å². The zero-order chi connectivity index (χ0) is 27.7. The summed E-state index contributed by atoms with van der Waals surface area (Å²) < 4.78 is 25.8. The average molecular weight is 537 g/mol. The third-order valence-corrected chi connectivity index (χ3v) is 6.44. The van der Waals surface area contributed by atoms with Crippen molar-refractivity contribution in [1.82, 2.24) is 9.97 Å². The fourth-order valence-electron chi connectivity index (χ4n) is 4.07. The highest BCUT2D eigenvalue weighted by atomic mass is 31.0. The molecule has 196 valence electrons. The van der Waals surface area contributed by atoms with E-state index < -0.39 is 34.8 Å². The molecule has 1 unspecified atom stereocenters. The van der Waals surface area contributed by atoms with Crippen molar-refractivity contribution in [2.45, 2.75) is 26.9 Å². The lowest BCUT2D eigenvalue weighted by Gasteiger charge is -2.18. The van der Waals surface area contributed by atoms with Gasteiger partial charge in [-0.15, -0.1) is 9.24 Å². The van der Waals surface area contributed by atoms with Gasteiger partial charge in [0.1, 0.15) is 17.1 Å². The first-order valence-electron chi connectivity index (χ1n) is 11.6. The number of H-pyrrole nitrogens is 1. The van der Waals surface area contributed by atoms with Crippen LogP contribution in [0.25, 0.3) is 22.2 Å². The van der Waals surface area contributed by atoms with Crippen molar-refractivity contribution in [3.63, 3.8) is 0 Å². The molecule has 0 aliphatic heterocycles. The Kier molecular flexibility index (Phi) is 7.57. The standard InChI is InChI=1S/C27H25FN3O6P/c1-4-36-27(35)20-22(30-13(3)19(23(20)32)24(33)25(29)34)15-11-14-7-5-6-8-16(14)31-26(15)37-17-9-10-18(38)21(28)12(17)2/h5-11,24,33H,4,38H2,1-3H3,(H2,29,34)(H,30,32)/t24-/m1/s1. The fourth-order valence-corrected chi connectivity index (χ4v) is 4.38. The molecule has 0 aliphatic carbocycles. The summed E-state index contributed by atoms with van der Waals surface area (Å²) in [7, 11) is 2.30. The third-order valence-electron chi connectivity index (χ3n) is 5.99. The van der Waals surface area contributed by atoms with Crippen LogP contribution in [-0.2, 0) is 9.53 Å². The molecule has 2 aromatic heterocycles. The van der Waals surface area contributed by atoms with E-state index in [-0.39, 0.29) is 46.3 Å². The number of hydrogen-bond acceptors (Lipinski definition) is 7. The number of aromatic nitrogens is 2. The minimum Gasteiger partial charge on any atom is -0.462 e. The predicted molar refractivity (Wildman–Crippen MR) is 143 cm³/mol. The first-order chi connectivity index (χ1) is 18.0. The summed E-state index contributed by atoms with van der Waals surface area (Å²) in [5.41, 5.74) is 4.49. The van der Waals surface area contributed by atoms with Gasteiger partial charge in [-0.05, 0) is 45.0 Å². The number of aliphatic hydroxyl groups is 1. The summed E-state index contributed by atoms with van der Waals surface area (Å²) >= 11 is 0. The Balaban J connectivity index is 2.05. The normalized spacial score (nSPS) is 11.8. The Morgan fingerprint density at radius 1 is 1.21 bits per heavy atom. The lowest BCUT2D eigenvalue weighted by Crippen LogP contribution is -2.31. The van der Waals surface area contributed by atoms with Crippen molar-refractivity contribution >= 4 is 37.3 Å². The lowest BCUT2D eigenvalue weighted by atomic mass is 9.98. The Morgan fingerprint density at radius 3 is 2.61 bits per heavy atom. The summed E-state index contributed by atoms with van der Waals surface area (Å²) in [6, 6.07) is 11.9. The Labute approximate surface area is 219 Å². The number of nitrogens with one attached hydrogen (secondary N) is 1. The van der Waals surface area contributed by atoms with Crippen LogP contribution in [0, 0.1) is 19.7 Å². The Morgan fingerprint density at radius 2 is 1.92 bits per heavy atom. The number of carbonyl (C=O) groups is 2. The van der Waals surface area contributed by atoms with Gasteiger partial charge in [0.25, 0.3) is 5.91 Å². The maximum Gasteiger partial charge on any atom is 0.344 e. The van der Waals surface area contributed by atoms with Gasteiger partial charge < -0.3 is 25.3 Å². The highest BCUT2D eigenvalue weighted by molar-refractivity contribution is 7.27. The topological polar surface area (TPSA) is 145 Å². The van der Waals surface area contributed by atoms with E-state index in [9.17, 15) is 23.9 Å². The lowest BCUT2D eigenvalue weighted by molar-refractivity contribution is -0.126. The number of para-hydroxylation sites is 1. The maximum absolute atomic E-state index is 14.6. The fraction of sp³-hybridized carbons (Fsp3) is 0.185. The molecule has 4 rings (SSSR count). The first kappa shape index (κ1) is 26.9. The van der Waals surface area contributed by atoms with E-state index in [0.29, 0.717) is 16.2 Å². The van der Waals surface area contributed by atoms with E-state index >= 15 is 0 Å². The number of halogens is 1. The second kappa shape index (κ2) is 10.7. The van der Waals surface area contributed by atoms with Crippen LogP contribution in [-0.4, -0.2) is 33.6 Å². The van der Waals surface area contributed by atoms with Crippen LogP contribution in [0.1, 0.15) is 40.2 Å². The van der Waals surface area contributed by atoms with Gasteiger partial charge in [-0.25, -0.2) is 14.2 Å². The summed E-state index contributed by atoms with van der Waals surface area (Å²) in [5.74, 6) is -2.47. The summed E-state index contributed by atoms with van der Waals surface area (Å²) in [6.45, 7) is 4.53. The molecule has 2 atom stereocenters. The molecule has 0 radical (unpaired) electrons. The van der Waals surface area contributed by atoms with Gasteiger partial charge >= 0.3 is 5.97 Å². The molecule has 11 heteroatoms. The van der Waals surface area contributed by atoms with Crippen LogP contribution in [0.3, 0.4) is 0 Å². The van der Waals surface area contributed by atoms with E-state index in [1.807, 2.05) is 0 Å². The zero-order valence-electron chi connectivity index (χ0n) is 20.8. The number of aryl methyl sites for hydroxylation is 1. The van der Waals surface area contributed by atoms with Crippen molar-refractivity contribution in [2.24, 2.45) is 5.73 Å². The Hall–Kier alpha value is -4.14.